The van der Waals surface area contributed by atoms with Crippen molar-refractivity contribution in [2.45, 2.75) is 58.4 Å². The molecule has 5 heteroatoms. The van der Waals surface area contributed by atoms with Crippen LogP contribution in [-0.2, 0) is 25.5 Å². The van der Waals surface area contributed by atoms with Crippen molar-refractivity contribution in [3.05, 3.63) is 71.8 Å². The molecule has 170 valence electrons. The number of carbonyl (C=O) groups is 3. The van der Waals surface area contributed by atoms with E-state index in [2.05, 4.69) is 12.1 Å². The van der Waals surface area contributed by atoms with Gasteiger partial charge in [0.2, 0.25) is 5.78 Å². The van der Waals surface area contributed by atoms with Gasteiger partial charge in [0.25, 0.3) is 5.91 Å². The first-order valence-corrected chi connectivity index (χ1v) is 11.4. The maximum absolute atomic E-state index is 13.0. The zero-order valence-corrected chi connectivity index (χ0v) is 19.3. The zero-order valence-electron chi connectivity index (χ0n) is 19.3. The van der Waals surface area contributed by atoms with Crippen LogP contribution >= 0.6 is 0 Å². The Hall–Kier alpha value is -2.95. The predicted molar refractivity (Wildman–Crippen MR) is 124 cm³/mol. The second kappa shape index (κ2) is 10.6. The second-order valence-corrected chi connectivity index (χ2v) is 9.15. The van der Waals surface area contributed by atoms with Gasteiger partial charge in [0, 0.05) is 17.9 Å². The van der Waals surface area contributed by atoms with Gasteiger partial charge in [-0.1, -0.05) is 81.4 Å². The molecule has 0 aromatic heterocycles. The molecule has 1 fully saturated rings. The molecule has 0 saturated carbocycles. The first kappa shape index (κ1) is 23.7. The molecule has 0 N–H and O–H groups in total. The maximum atomic E-state index is 13.0. The van der Waals surface area contributed by atoms with Crippen molar-refractivity contribution in [1.82, 2.24) is 4.90 Å². The summed E-state index contributed by atoms with van der Waals surface area (Å²) in [4.78, 5) is 39.9. The Labute approximate surface area is 190 Å². The number of rotatable bonds is 9. The number of esters is 1. The number of likely N-dealkylation sites (tertiary alicyclic amines) is 1. The van der Waals surface area contributed by atoms with Crippen LogP contribution in [0.5, 0.6) is 0 Å². The molecule has 0 spiro atoms. The van der Waals surface area contributed by atoms with E-state index in [0.29, 0.717) is 25.8 Å². The van der Waals surface area contributed by atoms with Crippen molar-refractivity contribution in [3.8, 4) is 0 Å². The van der Waals surface area contributed by atoms with Crippen LogP contribution in [0.1, 0.15) is 57.1 Å². The maximum Gasteiger partial charge on any atom is 0.328 e. The number of Topliss-reactive ketones (excluding diaryl/α,β-unsaturated/α-hetero) is 1. The lowest BCUT2D eigenvalue weighted by atomic mass is 9.84. The van der Waals surface area contributed by atoms with Gasteiger partial charge in [-0.2, -0.15) is 0 Å². The van der Waals surface area contributed by atoms with E-state index >= 15 is 0 Å². The van der Waals surface area contributed by atoms with Crippen LogP contribution in [-0.4, -0.2) is 41.8 Å². The SMILES string of the molecule is CCC(C)(C)C(=O)C(=O)N1CCC[C@H]1C(=O)OCC(Cc1ccccc1)c1ccccc1. The smallest absolute Gasteiger partial charge is 0.328 e. The fraction of sp³-hybridized carbons (Fsp3) is 0.444. The fourth-order valence-electron chi connectivity index (χ4n) is 4.01. The van der Waals surface area contributed by atoms with Crippen LogP contribution in [0.25, 0.3) is 0 Å². The number of nitrogens with zero attached hydrogens (tertiary/aromatic N) is 1. The number of amides is 1. The van der Waals surface area contributed by atoms with E-state index in [-0.39, 0.29) is 12.5 Å². The molecule has 0 radical (unpaired) electrons. The van der Waals surface area contributed by atoms with E-state index in [1.807, 2.05) is 55.5 Å². The quantitative estimate of drug-likeness (QED) is 0.428. The van der Waals surface area contributed by atoms with E-state index in [0.717, 1.165) is 12.0 Å². The lowest BCUT2D eigenvalue weighted by Gasteiger charge is -2.27. The average Bonchev–Trinajstić information content (AvgIpc) is 3.32. The normalized spacial score (nSPS) is 17.1. The molecule has 1 aliphatic heterocycles. The number of benzene rings is 2. The first-order chi connectivity index (χ1) is 15.3. The van der Waals surface area contributed by atoms with Crippen LogP contribution < -0.4 is 0 Å². The Balaban J connectivity index is 1.68. The molecule has 1 saturated heterocycles. The molecule has 1 amide bonds. The highest BCUT2D eigenvalue weighted by Crippen LogP contribution is 2.27. The van der Waals surface area contributed by atoms with Crippen LogP contribution in [0.2, 0.25) is 0 Å². The molecule has 1 aliphatic rings. The lowest BCUT2D eigenvalue weighted by Crippen LogP contribution is -2.48. The Morgan fingerprint density at radius 2 is 1.66 bits per heavy atom. The van der Waals surface area contributed by atoms with Crippen LogP contribution in [0.15, 0.2) is 60.7 Å². The van der Waals surface area contributed by atoms with Crippen molar-refractivity contribution in [3.63, 3.8) is 0 Å². The van der Waals surface area contributed by atoms with E-state index in [1.165, 1.54) is 10.5 Å². The predicted octanol–water partition coefficient (Wildman–Crippen LogP) is 4.55. The minimum absolute atomic E-state index is 0.00811. The summed E-state index contributed by atoms with van der Waals surface area (Å²) in [6.45, 7) is 6.06. The molecule has 2 atom stereocenters. The average molecular weight is 436 g/mol. The summed E-state index contributed by atoms with van der Waals surface area (Å²) in [5, 5.41) is 0. The number of ketones is 1. The number of hydrogen-bond acceptors (Lipinski definition) is 4. The first-order valence-electron chi connectivity index (χ1n) is 11.4. The highest BCUT2D eigenvalue weighted by Gasteiger charge is 2.41. The number of carbonyl (C=O) groups excluding carboxylic acids is 3. The van der Waals surface area contributed by atoms with E-state index < -0.39 is 29.1 Å². The summed E-state index contributed by atoms with van der Waals surface area (Å²) in [7, 11) is 0. The monoisotopic (exact) mass is 435 g/mol. The Morgan fingerprint density at radius 1 is 1.03 bits per heavy atom. The number of hydrogen-bond donors (Lipinski definition) is 0. The van der Waals surface area contributed by atoms with Gasteiger partial charge in [0.05, 0.1) is 6.61 Å². The van der Waals surface area contributed by atoms with Gasteiger partial charge in [-0.25, -0.2) is 4.79 Å². The highest BCUT2D eigenvalue weighted by molar-refractivity contribution is 6.38. The Bertz CT molecular complexity index is 923. The standard InChI is InChI=1S/C27H33NO4/c1-4-27(2,3)24(29)25(30)28-17-11-16-23(28)26(31)32-19-22(21-14-9-6-10-15-21)18-20-12-7-5-8-13-20/h5-10,12-15,22-23H,4,11,16-19H2,1-3H3/t22?,23-/m0/s1. The van der Waals surface area contributed by atoms with Gasteiger partial charge in [-0.3, -0.25) is 9.59 Å². The molecule has 2 aromatic carbocycles. The second-order valence-electron chi connectivity index (χ2n) is 9.15. The summed E-state index contributed by atoms with van der Waals surface area (Å²) in [6, 6.07) is 19.4. The molecule has 1 heterocycles. The Morgan fingerprint density at radius 3 is 2.28 bits per heavy atom. The number of ether oxygens (including phenoxy) is 1. The highest BCUT2D eigenvalue weighted by atomic mass is 16.5. The third kappa shape index (κ3) is 5.64. The third-order valence-electron chi connectivity index (χ3n) is 6.50. The summed E-state index contributed by atoms with van der Waals surface area (Å²) in [5.74, 6) is -1.42. The van der Waals surface area contributed by atoms with Gasteiger partial charge in [0.1, 0.15) is 6.04 Å². The van der Waals surface area contributed by atoms with Crippen molar-refractivity contribution in [2.24, 2.45) is 5.41 Å². The topological polar surface area (TPSA) is 63.7 Å². The van der Waals surface area contributed by atoms with Crippen LogP contribution in [0.4, 0.5) is 0 Å². The lowest BCUT2D eigenvalue weighted by molar-refractivity contribution is -0.157. The van der Waals surface area contributed by atoms with Crippen molar-refractivity contribution in [1.29, 1.82) is 0 Å². The molecule has 0 bridgehead atoms. The molecule has 0 aliphatic carbocycles. The molecule has 32 heavy (non-hydrogen) atoms. The van der Waals surface area contributed by atoms with Gasteiger partial charge in [0.15, 0.2) is 0 Å². The van der Waals surface area contributed by atoms with Gasteiger partial charge < -0.3 is 9.64 Å². The summed E-state index contributed by atoms with van der Waals surface area (Å²) < 4.78 is 5.74. The molecule has 1 unspecified atom stereocenters. The van der Waals surface area contributed by atoms with Crippen molar-refractivity contribution < 1.29 is 19.1 Å². The molecular weight excluding hydrogens is 402 g/mol. The molecule has 2 aromatic rings. The third-order valence-corrected chi connectivity index (χ3v) is 6.50. The van der Waals surface area contributed by atoms with Gasteiger partial charge in [-0.15, -0.1) is 0 Å². The molecule has 5 nitrogen and oxygen atoms in total. The fourth-order valence-corrected chi connectivity index (χ4v) is 4.01. The Kier molecular flexibility index (Phi) is 7.84. The summed E-state index contributed by atoms with van der Waals surface area (Å²) >= 11 is 0. The van der Waals surface area contributed by atoms with Crippen LogP contribution in [0, 0.1) is 5.41 Å². The van der Waals surface area contributed by atoms with Crippen molar-refractivity contribution in [2.75, 3.05) is 13.2 Å². The summed E-state index contributed by atoms with van der Waals surface area (Å²) in [6.07, 6.45) is 2.53. The largest absolute Gasteiger partial charge is 0.463 e. The molecule has 3 rings (SSSR count). The van der Waals surface area contributed by atoms with Gasteiger partial charge in [-0.05, 0) is 36.8 Å². The minimum atomic E-state index is -0.734. The summed E-state index contributed by atoms with van der Waals surface area (Å²) in [5.41, 5.74) is 1.54. The zero-order chi connectivity index (χ0) is 23.1. The van der Waals surface area contributed by atoms with Crippen molar-refractivity contribution >= 4 is 17.7 Å². The van der Waals surface area contributed by atoms with Gasteiger partial charge >= 0.3 is 5.97 Å². The van der Waals surface area contributed by atoms with E-state index in [4.69, 9.17) is 4.74 Å². The van der Waals surface area contributed by atoms with E-state index in [9.17, 15) is 14.4 Å². The molecular formula is C27H33NO4. The minimum Gasteiger partial charge on any atom is -0.463 e. The van der Waals surface area contributed by atoms with E-state index in [1.54, 1.807) is 13.8 Å². The van der Waals surface area contributed by atoms with Crippen LogP contribution in [0.3, 0.4) is 0 Å².